The second-order valence-electron chi connectivity index (χ2n) is 3.62. The minimum Gasteiger partial charge on any atom is -0.340 e. The van der Waals surface area contributed by atoms with E-state index in [2.05, 4.69) is 15.1 Å². The van der Waals surface area contributed by atoms with Crippen LogP contribution in [0.3, 0.4) is 0 Å². The molecule has 2 aromatic rings. The molecule has 0 saturated carbocycles. The Hall–Kier alpha value is -1.69. The van der Waals surface area contributed by atoms with Crippen molar-refractivity contribution >= 4 is 0 Å². The second-order valence-corrected chi connectivity index (χ2v) is 3.62. The maximum Gasteiger partial charge on any atom is 0.278 e. The molecule has 0 bridgehead atoms. The molecule has 80 valence electrons. The molecular weight excluding hydrogens is 194 g/mol. The molecule has 0 aliphatic rings. The molecule has 0 saturated heterocycles. The largest absolute Gasteiger partial charge is 0.340 e. The minimum absolute atomic E-state index is 0.0270. The SMILES string of the molecule is CC(N)Cc1noc(-c2cn(C)cn2)n1. The van der Waals surface area contributed by atoms with Gasteiger partial charge in [-0.3, -0.25) is 0 Å². The summed E-state index contributed by atoms with van der Waals surface area (Å²) in [5, 5.41) is 3.83. The Morgan fingerprint density at radius 2 is 2.40 bits per heavy atom. The quantitative estimate of drug-likeness (QED) is 0.785. The van der Waals surface area contributed by atoms with Crippen molar-refractivity contribution in [1.29, 1.82) is 0 Å². The zero-order valence-electron chi connectivity index (χ0n) is 8.71. The predicted molar refractivity (Wildman–Crippen MR) is 53.9 cm³/mol. The van der Waals surface area contributed by atoms with Crippen molar-refractivity contribution in [3.05, 3.63) is 18.3 Å². The first kappa shape index (κ1) is 9.85. The van der Waals surface area contributed by atoms with Crippen LogP contribution in [-0.4, -0.2) is 25.7 Å². The number of rotatable bonds is 3. The third-order valence-electron chi connectivity index (χ3n) is 1.90. The first-order valence-electron chi connectivity index (χ1n) is 4.71. The van der Waals surface area contributed by atoms with E-state index in [0.717, 1.165) is 0 Å². The van der Waals surface area contributed by atoms with Gasteiger partial charge in [-0.05, 0) is 6.92 Å². The molecule has 0 spiro atoms. The van der Waals surface area contributed by atoms with Gasteiger partial charge in [-0.1, -0.05) is 5.16 Å². The molecule has 2 N–H and O–H groups in total. The highest BCUT2D eigenvalue weighted by atomic mass is 16.5. The van der Waals surface area contributed by atoms with Gasteiger partial charge in [0.05, 0.1) is 6.33 Å². The molecule has 15 heavy (non-hydrogen) atoms. The Labute approximate surface area is 87.1 Å². The van der Waals surface area contributed by atoms with Gasteiger partial charge in [-0.15, -0.1) is 0 Å². The Bertz CT molecular complexity index is 445. The summed E-state index contributed by atoms with van der Waals surface area (Å²) in [5.41, 5.74) is 6.32. The number of nitrogens with zero attached hydrogens (tertiary/aromatic N) is 4. The Morgan fingerprint density at radius 3 is 3.00 bits per heavy atom. The molecule has 6 nitrogen and oxygen atoms in total. The van der Waals surface area contributed by atoms with Gasteiger partial charge in [-0.2, -0.15) is 4.98 Å². The maximum atomic E-state index is 5.64. The summed E-state index contributed by atoms with van der Waals surface area (Å²) in [5.74, 6) is 1.05. The average Bonchev–Trinajstić information content (AvgIpc) is 2.72. The van der Waals surface area contributed by atoms with E-state index in [1.54, 1.807) is 6.33 Å². The third kappa shape index (κ3) is 2.21. The molecule has 0 aromatic carbocycles. The number of nitrogens with two attached hydrogens (primary N) is 1. The van der Waals surface area contributed by atoms with Crippen LogP contribution in [-0.2, 0) is 13.5 Å². The van der Waals surface area contributed by atoms with Gasteiger partial charge in [0.1, 0.15) is 5.69 Å². The predicted octanol–water partition coefficient (Wildman–Crippen LogP) is 0.360. The van der Waals surface area contributed by atoms with Crippen molar-refractivity contribution < 1.29 is 4.52 Å². The summed E-state index contributed by atoms with van der Waals surface area (Å²) in [6, 6.07) is 0.0270. The zero-order chi connectivity index (χ0) is 10.8. The van der Waals surface area contributed by atoms with Gasteiger partial charge in [0.15, 0.2) is 5.82 Å². The van der Waals surface area contributed by atoms with E-state index < -0.39 is 0 Å². The fourth-order valence-corrected chi connectivity index (χ4v) is 1.25. The van der Waals surface area contributed by atoms with Gasteiger partial charge in [0.25, 0.3) is 5.89 Å². The van der Waals surface area contributed by atoms with Crippen molar-refractivity contribution in [1.82, 2.24) is 19.7 Å². The van der Waals surface area contributed by atoms with E-state index in [1.807, 2.05) is 24.7 Å². The van der Waals surface area contributed by atoms with E-state index in [1.165, 1.54) is 0 Å². The van der Waals surface area contributed by atoms with E-state index >= 15 is 0 Å². The van der Waals surface area contributed by atoms with Crippen LogP contribution < -0.4 is 5.73 Å². The molecule has 0 aliphatic carbocycles. The lowest BCUT2D eigenvalue weighted by molar-refractivity contribution is 0.419. The molecule has 2 rings (SSSR count). The highest BCUT2D eigenvalue weighted by Gasteiger charge is 2.11. The summed E-state index contributed by atoms with van der Waals surface area (Å²) in [6.07, 6.45) is 4.12. The van der Waals surface area contributed by atoms with Crippen LogP contribution in [0.5, 0.6) is 0 Å². The van der Waals surface area contributed by atoms with E-state index in [4.69, 9.17) is 10.3 Å². The van der Waals surface area contributed by atoms with Gasteiger partial charge in [0, 0.05) is 25.7 Å². The fraction of sp³-hybridized carbons (Fsp3) is 0.444. The first-order valence-corrected chi connectivity index (χ1v) is 4.71. The van der Waals surface area contributed by atoms with Crippen molar-refractivity contribution in [3.63, 3.8) is 0 Å². The summed E-state index contributed by atoms with van der Waals surface area (Å²) in [4.78, 5) is 8.31. The number of aryl methyl sites for hydroxylation is 1. The molecule has 0 aliphatic heterocycles. The molecule has 0 fully saturated rings. The molecule has 2 heterocycles. The first-order chi connectivity index (χ1) is 7.15. The van der Waals surface area contributed by atoms with Crippen LogP contribution in [0.25, 0.3) is 11.6 Å². The molecule has 0 radical (unpaired) electrons. The summed E-state index contributed by atoms with van der Waals surface area (Å²) in [7, 11) is 1.88. The summed E-state index contributed by atoms with van der Waals surface area (Å²) < 4.78 is 6.90. The van der Waals surface area contributed by atoms with Gasteiger partial charge in [0.2, 0.25) is 0 Å². The van der Waals surface area contributed by atoms with Crippen LogP contribution in [0.2, 0.25) is 0 Å². The number of hydrogen-bond acceptors (Lipinski definition) is 5. The van der Waals surface area contributed by atoms with E-state index in [0.29, 0.717) is 23.8 Å². The summed E-state index contributed by atoms with van der Waals surface area (Å²) in [6.45, 7) is 1.90. The molecule has 1 unspecified atom stereocenters. The van der Waals surface area contributed by atoms with E-state index in [9.17, 15) is 0 Å². The van der Waals surface area contributed by atoms with Crippen LogP contribution in [0.15, 0.2) is 17.0 Å². The highest BCUT2D eigenvalue weighted by Crippen LogP contribution is 2.13. The Kier molecular flexibility index (Phi) is 2.51. The van der Waals surface area contributed by atoms with Crippen molar-refractivity contribution in [2.45, 2.75) is 19.4 Å². The smallest absolute Gasteiger partial charge is 0.278 e. The molecule has 1 atom stereocenters. The van der Waals surface area contributed by atoms with Crippen LogP contribution in [0, 0.1) is 0 Å². The van der Waals surface area contributed by atoms with Gasteiger partial charge >= 0.3 is 0 Å². The second kappa shape index (κ2) is 3.82. The lowest BCUT2D eigenvalue weighted by Gasteiger charge is -1.96. The maximum absolute atomic E-state index is 5.64. The fourth-order valence-electron chi connectivity index (χ4n) is 1.25. The van der Waals surface area contributed by atoms with Crippen molar-refractivity contribution in [2.24, 2.45) is 12.8 Å². The summed E-state index contributed by atoms with van der Waals surface area (Å²) >= 11 is 0. The van der Waals surface area contributed by atoms with Crippen LogP contribution in [0.1, 0.15) is 12.7 Å². The molecular formula is C9H13N5O. The average molecular weight is 207 g/mol. The zero-order valence-corrected chi connectivity index (χ0v) is 8.71. The topological polar surface area (TPSA) is 82.8 Å². The standard InChI is InChI=1S/C9H13N5O/c1-6(10)3-8-12-9(15-13-8)7-4-14(2)5-11-7/h4-6H,3,10H2,1-2H3. The normalized spacial score (nSPS) is 13.0. The molecule has 6 heteroatoms. The number of aromatic nitrogens is 4. The number of imidazole rings is 1. The van der Waals surface area contributed by atoms with Crippen LogP contribution >= 0.6 is 0 Å². The van der Waals surface area contributed by atoms with Gasteiger partial charge < -0.3 is 14.8 Å². The highest BCUT2D eigenvalue weighted by molar-refractivity contribution is 5.44. The third-order valence-corrected chi connectivity index (χ3v) is 1.90. The van der Waals surface area contributed by atoms with E-state index in [-0.39, 0.29) is 6.04 Å². The van der Waals surface area contributed by atoms with Gasteiger partial charge in [-0.25, -0.2) is 4.98 Å². The number of hydrogen-bond donors (Lipinski definition) is 1. The lowest BCUT2D eigenvalue weighted by Crippen LogP contribution is -2.18. The van der Waals surface area contributed by atoms with Crippen LogP contribution in [0.4, 0.5) is 0 Å². The van der Waals surface area contributed by atoms with Crippen molar-refractivity contribution in [2.75, 3.05) is 0 Å². The lowest BCUT2D eigenvalue weighted by atomic mass is 10.2. The Balaban J connectivity index is 2.20. The monoisotopic (exact) mass is 207 g/mol. The minimum atomic E-state index is 0.0270. The Morgan fingerprint density at radius 1 is 1.60 bits per heavy atom. The molecule has 0 amide bonds. The molecule has 2 aromatic heterocycles. The van der Waals surface area contributed by atoms with Crippen molar-refractivity contribution in [3.8, 4) is 11.6 Å².